The Labute approximate surface area is 99.4 Å². The third-order valence-corrected chi connectivity index (χ3v) is 2.95. The standard InChI is InChI=1S/C13H19O2Si/c1-13(2,3)11-7-6-10(9-14)12(8-11)15-16(4)5/h6-9H,1-5H3. The van der Waals surface area contributed by atoms with E-state index in [-0.39, 0.29) is 5.41 Å². The number of benzene rings is 1. The van der Waals surface area contributed by atoms with Crippen molar-refractivity contribution in [1.82, 2.24) is 0 Å². The van der Waals surface area contributed by atoms with Gasteiger partial charge in [-0.05, 0) is 36.2 Å². The summed E-state index contributed by atoms with van der Waals surface area (Å²) in [6.07, 6.45) is 0.854. The van der Waals surface area contributed by atoms with Crippen molar-refractivity contribution in [3.8, 4) is 5.75 Å². The SMILES string of the molecule is C[Si](C)Oc1cc(C(C)(C)C)ccc1C=O. The zero-order chi connectivity index (χ0) is 12.3. The summed E-state index contributed by atoms with van der Waals surface area (Å²) in [5.41, 5.74) is 1.91. The van der Waals surface area contributed by atoms with E-state index in [0.717, 1.165) is 12.0 Å². The van der Waals surface area contributed by atoms with Gasteiger partial charge >= 0.3 is 0 Å². The summed E-state index contributed by atoms with van der Waals surface area (Å²) < 4.78 is 5.74. The largest absolute Gasteiger partial charge is 0.542 e. The van der Waals surface area contributed by atoms with Gasteiger partial charge in [0.2, 0.25) is 0 Å². The topological polar surface area (TPSA) is 26.3 Å². The molecule has 0 saturated carbocycles. The molecule has 0 fully saturated rings. The van der Waals surface area contributed by atoms with Crippen LogP contribution in [-0.4, -0.2) is 15.3 Å². The molecule has 0 aromatic heterocycles. The molecule has 0 spiro atoms. The number of carbonyl (C=O) groups is 1. The Morgan fingerprint density at radius 2 is 1.88 bits per heavy atom. The van der Waals surface area contributed by atoms with Crippen LogP contribution in [0.1, 0.15) is 36.7 Å². The molecular formula is C13H19O2Si. The van der Waals surface area contributed by atoms with Crippen LogP contribution in [0.5, 0.6) is 5.75 Å². The van der Waals surface area contributed by atoms with Gasteiger partial charge in [-0.1, -0.05) is 26.8 Å². The predicted molar refractivity (Wildman–Crippen MR) is 68.6 cm³/mol. The average molecular weight is 235 g/mol. The normalized spacial score (nSPS) is 11.6. The second kappa shape index (κ2) is 4.83. The molecular weight excluding hydrogens is 216 g/mol. The fraction of sp³-hybridized carbons (Fsp3) is 0.462. The molecule has 3 heteroatoms. The Morgan fingerprint density at radius 3 is 2.31 bits per heavy atom. The monoisotopic (exact) mass is 235 g/mol. The highest BCUT2D eigenvalue weighted by atomic mass is 28.3. The third-order valence-electron chi connectivity index (χ3n) is 2.32. The summed E-state index contributed by atoms with van der Waals surface area (Å²) in [5, 5.41) is 0. The smallest absolute Gasteiger partial charge is 0.274 e. The maximum atomic E-state index is 10.9. The van der Waals surface area contributed by atoms with Gasteiger partial charge in [0.15, 0.2) is 6.29 Å². The highest BCUT2D eigenvalue weighted by molar-refractivity contribution is 6.49. The van der Waals surface area contributed by atoms with Gasteiger partial charge in [-0.25, -0.2) is 0 Å². The van der Waals surface area contributed by atoms with Crippen molar-refractivity contribution in [3.63, 3.8) is 0 Å². The molecule has 0 aliphatic heterocycles. The first-order valence-electron chi connectivity index (χ1n) is 5.42. The maximum Gasteiger partial charge on any atom is 0.274 e. The van der Waals surface area contributed by atoms with Gasteiger partial charge in [-0.2, -0.15) is 0 Å². The van der Waals surface area contributed by atoms with Crippen LogP contribution < -0.4 is 4.43 Å². The first-order chi connectivity index (χ1) is 7.34. The second-order valence-electron chi connectivity index (χ2n) is 5.13. The molecule has 0 unspecified atom stereocenters. The Balaban J connectivity index is 3.16. The molecule has 1 rings (SSSR count). The molecule has 0 amide bonds. The van der Waals surface area contributed by atoms with E-state index in [1.165, 1.54) is 5.56 Å². The molecule has 0 N–H and O–H groups in total. The van der Waals surface area contributed by atoms with Gasteiger partial charge < -0.3 is 4.43 Å². The Morgan fingerprint density at radius 1 is 1.25 bits per heavy atom. The molecule has 0 heterocycles. The van der Waals surface area contributed by atoms with Gasteiger partial charge in [0.05, 0.1) is 5.56 Å². The Bertz CT molecular complexity index is 378. The lowest BCUT2D eigenvalue weighted by molar-refractivity contribution is 0.112. The lowest BCUT2D eigenvalue weighted by Gasteiger charge is -2.21. The fourth-order valence-electron chi connectivity index (χ4n) is 1.41. The minimum atomic E-state index is -0.839. The average Bonchev–Trinajstić information content (AvgIpc) is 2.15. The quantitative estimate of drug-likeness (QED) is 0.592. The summed E-state index contributed by atoms with van der Waals surface area (Å²) in [4.78, 5) is 10.9. The van der Waals surface area contributed by atoms with Crippen LogP contribution >= 0.6 is 0 Å². The number of aldehydes is 1. The molecule has 1 radical (unpaired) electrons. The van der Waals surface area contributed by atoms with E-state index < -0.39 is 9.04 Å². The molecule has 1 aromatic carbocycles. The lowest BCUT2D eigenvalue weighted by Crippen LogP contribution is -2.15. The molecule has 16 heavy (non-hydrogen) atoms. The number of hydrogen-bond donors (Lipinski definition) is 0. The zero-order valence-corrected chi connectivity index (χ0v) is 11.6. The highest BCUT2D eigenvalue weighted by Gasteiger charge is 2.16. The maximum absolute atomic E-state index is 10.9. The van der Waals surface area contributed by atoms with E-state index in [4.69, 9.17) is 4.43 Å². The molecule has 0 aliphatic carbocycles. The molecule has 87 valence electrons. The summed E-state index contributed by atoms with van der Waals surface area (Å²) in [5.74, 6) is 0.723. The van der Waals surface area contributed by atoms with E-state index >= 15 is 0 Å². The van der Waals surface area contributed by atoms with E-state index in [9.17, 15) is 4.79 Å². The van der Waals surface area contributed by atoms with Crippen molar-refractivity contribution in [2.75, 3.05) is 0 Å². The Kier molecular flexibility index (Phi) is 3.91. The van der Waals surface area contributed by atoms with Crippen molar-refractivity contribution in [2.45, 2.75) is 39.3 Å². The van der Waals surface area contributed by atoms with Crippen molar-refractivity contribution >= 4 is 15.3 Å². The number of hydrogen-bond acceptors (Lipinski definition) is 2. The van der Waals surface area contributed by atoms with Crippen molar-refractivity contribution in [2.24, 2.45) is 0 Å². The third kappa shape index (κ3) is 3.20. The molecule has 0 saturated heterocycles. The first-order valence-corrected chi connectivity index (χ1v) is 7.83. The van der Waals surface area contributed by atoms with Crippen LogP contribution in [-0.2, 0) is 5.41 Å². The fourth-order valence-corrected chi connectivity index (χ4v) is 2.02. The summed E-state index contributed by atoms with van der Waals surface area (Å²) >= 11 is 0. The molecule has 0 bridgehead atoms. The minimum absolute atomic E-state index is 0.0773. The summed E-state index contributed by atoms with van der Waals surface area (Å²) in [6, 6.07) is 5.82. The number of rotatable bonds is 3. The molecule has 0 atom stereocenters. The van der Waals surface area contributed by atoms with Gasteiger partial charge in [0, 0.05) is 0 Å². The van der Waals surface area contributed by atoms with Crippen LogP contribution in [0.15, 0.2) is 18.2 Å². The van der Waals surface area contributed by atoms with Gasteiger partial charge in [-0.3, -0.25) is 4.79 Å². The van der Waals surface area contributed by atoms with Crippen molar-refractivity contribution < 1.29 is 9.22 Å². The van der Waals surface area contributed by atoms with Gasteiger partial charge in [0.25, 0.3) is 9.04 Å². The second-order valence-corrected chi connectivity index (χ2v) is 7.15. The number of carbonyl (C=O) groups excluding carboxylic acids is 1. The van der Waals surface area contributed by atoms with Crippen LogP contribution in [0.3, 0.4) is 0 Å². The van der Waals surface area contributed by atoms with Crippen LogP contribution in [0, 0.1) is 0 Å². The van der Waals surface area contributed by atoms with E-state index in [1.54, 1.807) is 0 Å². The van der Waals surface area contributed by atoms with E-state index in [0.29, 0.717) is 5.56 Å². The predicted octanol–water partition coefficient (Wildman–Crippen LogP) is 3.43. The van der Waals surface area contributed by atoms with Gasteiger partial charge in [0.1, 0.15) is 5.75 Å². The zero-order valence-electron chi connectivity index (χ0n) is 10.6. The summed E-state index contributed by atoms with van der Waals surface area (Å²) in [6.45, 7) is 10.6. The van der Waals surface area contributed by atoms with E-state index in [1.807, 2.05) is 18.2 Å². The lowest BCUT2D eigenvalue weighted by atomic mass is 9.86. The molecule has 1 aromatic rings. The summed E-state index contributed by atoms with van der Waals surface area (Å²) in [7, 11) is -0.839. The van der Waals surface area contributed by atoms with Crippen LogP contribution in [0.25, 0.3) is 0 Å². The van der Waals surface area contributed by atoms with Gasteiger partial charge in [-0.15, -0.1) is 0 Å². The van der Waals surface area contributed by atoms with Crippen LogP contribution in [0.2, 0.25) is 13.1 Å². The van der Waals surface area contributed by atoms with Crippen LogP contribution in [0.4, 0.5) is 0 Å². The van der Waals surface area contributed by atoms with Crippen molar-refractivity contribution in [3.05, 3.63) is 29.3 Å². The Hall–Kier alpha value is -1.09. The van der Waals surface area contributed by atoms with Crippen molar-refractivity contribution in [1.29, 1.82) is 0 Å². The first kappa shape index (κ1) is 13.0. The highest BCUT2D eigenvalue weighted by Crippen LogP contribution is 2.28. The molecule has 0 aliphatic rings. The van der Waals surface area contributed by atoms with E-state index in [2.05, 4.69) is 33.9 Å². The molecule has 2 nitrogen and oxygen atoms in total. The minimum Gasteiger partial charge on any atom is -0.542 e.